The molecule has 0 saturated carbocycles. The molecule has 0 amide bonds. The molecule has 0 aliphatic heterocycles. The number of unbranched alkanes of at least 4 members (excludes halogenated alkanes) is 20. The van der Waals surface area contributed by atoms with E-state index in [1.165, 1.54) is 140 Å². The molecular weight excluding hydrogens is 541 g/mol. The lowest BCUT2D eigenvalue weighted by atomic mass is 10.0. The van der Waals surface area contributed by atoms with Gasteiger partial charge in [0.15, 0.2) is 0 Å². The lowest BCUT2D eigenvalue weighted by molar-refractivity contribution is 0.304. The van der Waals surface area contributed by atoms with Crippen LogP contribution in [0.15, 0.2) is 54.6 Å². The van der Waals surface area contributed by atoms with Crippen LogP contribution in [-0.2, 0) is 6.42 Å². The predicted octanol–water partition coefficient (Wildman–Crippen LogP) is 13.7. The minimum absolute atomic E-state index is 0.812. The number of benzene rings is 2. The highest BCUT2D eigenvalue weighted by molar-refractivity contribution is 7.81. The Kier molecular flexibility index (Phi) is 22.9. The van der Waals surface area contributed by atoms with E-state index >= 15 is 0 Å². The zero-order chi connectivity index (χ0) is 30.6. The fraction of sp³-hybridized carbons (Fsp3) is 0.634. The van der Waals surface area contributed by atoms with Crippen LogP contribution in [0.1, 0.15) is 172 Å². The van der Waals surface area contributed by atoms with Gasteiger partial charge in [0.05, 0.1) is 6.61 Å². The molecule has 240 valence electrons. The van der Waals surface area contributed by atoms with Crippen molar-refractivity contribution in [2.24, 2.45) is 0 Å². The van der Waals surface area contributed by atoms with Gasteiger partial charge in [0.1, 0.15) is 5.75 Å². The Hall–Kier alpha value is -1.93. The van der Waals surface area contributed by atoms with Gasteiger partial charge >= 0.3 is 0 Å². The minimum atomic E-state index is 0.812. The van der Waals surface area contributed by atoms with Crippen molar-refractivity contribution in [2.45, 2.75) is 162 Å². The molecule has 2 aromatic carbocycles. The fourth-order valence-corrected chi connectivity index (χ4v) is 5.91. The van der Waals surface area contributed by atoms with Crippen molar-refractivity contribution >= 4 is 23.2 Å². The van der Waals surface area contributed by atoms with Crippen LogP contribution in [-0.4, -0.2) is 11.5 Å². The first-order valence-corrected chi connectivity index (χ1v) is 18.7. The molecule has 0 aromatic heterocycles. The second-order valence-electron chi connectivity index (χ2n) is 12.6. The molecule has 2 aromatic rings. The van der Waals surface area contributed by atoms with Gasteiger partial charge in [-0.05, 0) is 54.2 Å². The minimum Gasteiger partial charge on any atom is -0.494 e. The molecule has 0 N–H and O–H groups in total. The first kappa shape index (κ1) is 37.3. The van der Waals surface area contributed by atoms with Gasteiger partial charge in [-0.1, -0.05) is 197 Å². The maximum Gasteiger partial charge on any atom is 0.119 e. The Morgan fingerprint density at radius 3 is 1.44 bits per heavy atom. The van der Waals surface area contributed by atoms with Crippen molar-refractivity contribution < 1.29 is 4.74 Å². The highest BCUT2D eigenvalue weighted by Crippen LogP contribution is 2.17. The fourth-order valence-electron chi connectivity index (χ4n) is 5.71. The Bertz CT molecular complexity index is 943. The van der Waals surface area contributed by atoms with Gasteiger partial charge in [-0.15, -0.1) is 0 Å². The van der Waals surface area contributed by atoms with Crippen molar-refractivity contribution in [3.63, 3.8) is 0 Å². The van der Waals surface area contributed by atoms with E-state index in [4.69, 9.17) is 17.0 Å². The van der Waals surface area contributed by atoms with Crippen molar-refractivity contribution in [1.82, 2.24) is 0 Å². The summed E-state index contributed by atoms with van der Waals surface area (Å²) in [5, 5.41) is 0. The summed E-state index contributed by atoms with van der Waals surface area (Å²) in [6.45, 7) is 5.34. The van der Waals surface area contributed by atoms with E-state index in [9.17, 15) is 0 Å². The third-order valence-corrected chi connectivity index (χ3v) is 9.00. The average Bonchev–Trinajstić information content (AvgIpc) is 3.04. The summed E-state index contributed by atoms with van der Waals surface area (Å²) >= 11 is 5.63. The topological polar surface area (TPSA) is 9.23 Å². The summed E-state index contributed by atoms with van der Waals surface area (Å²) in [6, 6.07) is 17.1. The molecule has 0 saturated heterocycles. The summed E-state index contributed by atoms with van der Waals surface area (Å²) < 4.78 is 5.98. The Morgan fingerprint density at radius 1 is 0.535 bits per heavy atom. The summed E-state index contributed by atoms with van der Waals surface area (Å²) in [4.78, 5) is 0.877. The summed E-state index contributed by atoms with van der Waals surface area (Å²) in [6.07, 6.45) is 36.0. The molecule has 2 rings (SSSR count). The molecule has 0 aliphatic rings. The third-order valence-electron chi connectivity index (χ3n) is 8.63. The van der Waals surface area contributed by atoms with Crippen LogP contribution in [0.3, 0.4) is 0 Å². The van der Waals surface area contributed by atoms with Crippen molar-refractivity contribution in [2.75, 3.05) is 6.61 Å². The van der Waals surface area contributed by atoms with Gasteiger partial charge in [0.25, 0.3) is 0 Å². The van der Waals surface area contributed by atoms with Gasteiger partial charge in [0, 0.05) is 4.86 Å². The highest BCUT2D eigenvalue weighted by atomic mass is 32.1. The summed E-state index contributed by atoms with van der Waals surface area (Å²) in [5.74, 6) is 0.959. The van der Waals surface area contributed by atoms with Gasteiger partial charge < -0.3 is 4.74 Å². The lowest BCUT2D eigenvalue weighted by Crippen LogP contribution is -1.97. The zero-order valence-corrected chi connectivity index (χ0v) is 28.9. The van der Waals surface area contributed by atoms with Crippen molar-refractivity contribution in [3.05, 3.63) is 71.3 Å². The van der Waals surface area contributed by atoms with Crippen LogP contribution in [0.2, 0.25) is 0 Å². The Morgan fingerprint density at radius 2 is 0.977 bits per heavy atom. The first-order valence-electron chi connectivity index (χ1n) is 18.3. The zero-order valence-electron chi connectivity index (χ0n) is 28.1. The molecule has 0 atom stereocenters. The number of ether oxygens (including phenoxy) is 1. The molecule has 0 aliphatic carbocycles. The third kappa shape index (κ3) is 19.9. The van der Waals surface area contributed by atoms with Crippen LogP contribution in [0.4, 0.5) is 0 Å². The first-order chi connectivity index (χ1) is 21.2. The number of thiocarbonyl (C=S) groups is 1. The second kappa shape index (κ2) is 26.5. The van der Waals surface area contributed by atoms with Crippen molar-refractivity contribution in [3.8, 4) is 5.75 Å². The lowest BCUT2D eigenvalue weighted by Gasteiger charge is -2.07. The van der Waals surface area contributed by atoms with Gasteiger partial charge in [-0.2, -0.15) is 0 Å². The molecule has 43 heavy (non-hydrogen) atoms. The van der Waals surface area contributed by atoms with E-state index in [0.717, 1.165) is 41.2 Å². The molecule has 0 spiro atoms. The molecule has 0 bridgehead atoms. The van der Waals surface area contributed by atoms with E-state index in [-0.39, 0.29) is 0 Å². The quantitative estimate of drug-likeness (QED) is 0.0413. The van der Waals surface area contributed by atoms with E-state index in [1.807, 2.05) is 6.08 Å². The number of hydrogen-bond acceptors (Lipinski definition) is 2. The number of hydrogen-bond donors (Lipinski definition) is 0. The van der Waals surface area contributed by atoms with E-state index in [0.29, 0.717) is 0 Å². The number of rotatable bonds is 28. The van der Waals surface area contributed by atoms with Crippen molar-refractivity contribution in [1.29, 1.82) is 0 Å². The Labute approximate surface area is 272 Å². The second-order valence-corrected chi connectivity index (χ2v) is 13.1. The van der Waals surface area contributed by atoms with Gasteiger partial charge in [-0.3, -0.25) is 0 Å². The molecule has 0 fully saturated rings. The van der Waals surface area contributed by atoms with Crippen LogP contribution in [0.5, 0.6) is 5.75 Å². The maximum absolute atomic E-state index is 5.98. The predicted molar refractivity (Wildman–Crippen MR) is 196 cm³/mol. The maximum atomic E-state index is 5.98. The molecule has 1 nitrogen and oxygen atoms in total. The summed E-state index contributed by atoms with van der Waals surface area (Å²) in [5.41, 5.74) is 3.65. The van der Waals surface area contributed by atoms with Gasteiger partial charge in [-0.25, -0.2) is 0 Å². The van der Waals surface area contributed by atoms with E-state index < -0.39 is 0 Å². The van der Waals surface area contributed by atoms with Crippen LogP contribution < -0.4 is 4.74 Å². The van der Waals surface area contributed by atoms with Crippen LogP contribution in [0.25, 0.3) is 6.08 Å². The molecular formula is C41H64OS. The molecule has 2 heteroatoms. The van der Waals surface area contributed by atoms with Gasteiger partial charge in [0.2, 0.25) is 0 Å². The largest absolute Gasteiger partial charge is 0.494 e. The monoisotopic (exact) mass is 604 g/mol. The molecule has 0 heterocycles. The summed E-state index contributed by atoms with van der Waals surface area (Å²) in [7, 11) is 0. The smallest absolute Gasteiger partial charge is 0.119 e. The number of allylic oxidation sites excluding steroid dienone is 1. The molecule has 0 unspecified atom stereocenters. The Balaban J connectivity index is 1.39. The van der Waals surface area contributed by atoms with E-state index in [1.54, 1.807) is 0 Å². The highest BCUT2D eigenvalue weighted by Gasteiger charge is 2.00. The van der Waals surface area contributed by atoms with Crippen LogP contribution >= 0.6 is 12.2 Å². The molecule has 0 radical (unpaired) electrons. The SMILES string of the molecule is CCCCCCCCCCCCCCCCCCCCCCOc1ccc(C=CC(=S)c2ccc(CCCC)cc2)cc1. The average molecular weight is 605 g/mol. The van der Waals surface area contributed by atoms with Crippen LogP contribution in [0, 0.1) is 0 Å². The number of aryl methyl sites for hydroxylation is 1. The standard InChI is InChI=1S/C41H64OS/c1-3-5-7-8-9-10-11-12-13-14-15-16-17-18-19-20-21-22-23-24-36-42-40-33-28-38(29-34-40)30-35-41(43)39-31-26-37(27-32-39)25-6-4-2/h26-35H,3-25,36H2,1-2H3. The normalized spacial score (nSPS) is 11.4. The van der Waals surface area contributed by atoms with E-state index in [2.05, 4.69) is 68.5 Å².